The second-order valence-electron chi connectivity index (χ2n) is 5.10. The van der Waals surface area contributed by atoms with Crippen LogP contribution in [0.5, 0.6) is 0 Å². The Hall–Kier alpha value is -1.16. The van der Waals surface area contributed by atoms with Gasteiger partial charge in [-0.1, -0.05) is 31.5 Å². The lowest BCUT2D eigenvalue weighted by atomic mass is 9.93. The normalized spacial score (nSPS) is 16.3. The maximum Gasteiger partial charge on any atom is 0.124 e. The van der Waals surface area contributed by atoms with E-state index in [0.717, 1.165) is 12.2 Å². The summed E-state index contributed by atoms with van der Waals surface area (Å²) in [6, 6.07) is 5.27. The fourth-order valence-electron chi connectivity index (χ4n) is 2.97. The number of nitrogens with zero attached hydrogens (tertiary/aromatic N) is 1. The second kappa shape index (κ2) is 6.33. The predicted octanol–water partition coefficient (Wildman–Crippen LogP) is 3.62. The first-order valence-corrected chi connectivity index (χ1v) is 7.40. The van der Waals surface area contributed by atoms with Gasteiger partial charge in [0.25, 0.3) is 0 Å². The number of anilines is 1. The van der Waals surface area contributed by atoms with Gasteiger partial charge in [0.15, 0.2) is 0 Å². The fraction of sp³-hybridized carbons (Fsp3) is 0.533. The van der Waals surface area contributed by atoms with E-state index in [4.69, 9.17) is 18.0 Å². The first-order chi connectivity index (χ1) is 9.13. The van der Waals surface area contributed by atoms with Gasteiger partial charge in [0, 0.05) is 23.8 Å². The SMILES string of the molecule is CCN(c1ccc(F)cc1C(N)=S)C1CCCCC1. The summed E-state index contributed by atoms with van der Waals surface area (Å²) in [4.78, 5) is 2.59. The molecule has 0 unspecified atom stereocenters. The Morgan fingerprint density at radius 3 is 2.63 bits per heavy atom. The Kier molecular flexibility index (Phi) is 4.75. The molecule has 1 fully saturated rings. The molecule has 0 amide bonds. The van der Waals surface area contributed by atoms with E-state index in [2.05, 4.69) is 11.8 Å². The Labute approximate surface area is 119 Å². The molecule has 2 rings (SSSR count). The van der Waals surface area contributed by atoms with Crippen molar-refractivity contribution in [1.82, 2.24) is 0 Å². The summed E-state index contributed by atoms with van der Waals surface area (Å²) in [6.45, 7) is 3.02. The van der Waals surface area contributed by atoms with Gasteiger partial charge in [-0.25, -0.2) is 4.39 Å². The summed E-state index contributed by atoms with van der Waals surface area (Å²) < 4.78 is 13.4. The highest BCUT2D eigenvalue weighted by atomic mass is 32.1. The number of hydrogen-bond donors (Lipinski definition) is 1. The number of nitrogens with two attached hydrogens (primary N) is 1. The van der Waals surface area contributed by atoms with E-state index in [9.17, 15) is 4.39 Å². The molecule has 0 saturated heterocycles. The number of rotatable bonds is 4. The highest BCUT2D eigenvalue weighted by Crippen LogP contribution is 2.30. The number of hydrogen-bond acceptors (Lipinski definition) is 2. The van der Waals surface area contributed by atoms with Crippen molar-refractivity contribution in [1.29, 1.82) is 0 Å². The predicted molar refractivity (Wildman–Crippen MR) is 82.2 cm³/mol. The molecule has 0 heterocycles. The third-order valence-electron chi connectivity index (χ3n) is 3.89. The zero-order valence-electron chi connectivity index (χ0n) is 11.4. The molecular formula is C15H21FN2S. The molecule has 0 spiro atoms. The summed E-state index contributed by atoms with van der Waals surface area (Å²) in [6.07, 6.45) is 6.25. The first-order valence-electron chi connectivity index (χ1n) is 6.99. The van der Waals surface area contributed by atoms with Crippen LogP contribution in [-0.4, -0.2) is 17.6 Å². The summed E-state index contributed by atoms with van der Waals surface area (Å²) in [7, 11) is 0. The van der Waals surface area contributed by atoms with Crippen molar-refractivity contribution >= 4 is 22.9 Å². The van der Waals surface area contributed by atoms with Crippen molar-refractivity contribution in [2.24, 2.45) is 5.73 Å². The molecule has 2 N–H and O–H groups in total. The van der Waals surface area contributed by atoms with Crippen LogP contribution in [0.1, 0.15) is 44.6 Å². The van der Waals surface area contributed by atoms with Gasteiger partial charge in [-0.15, -0.1) is 0 Å². The van der Waals surface area contributed by atoms with Crippen LogP contribution in [0, 0.1) is 5.82 Å². The number of halogens is 1. The molecule has 0 radical (unpaired) electrons. The average Bonchev–Trinajstić information content (AvgIpc) is 2.42. The van der Waals surface area contributed by atoms with Crippen LogP contribution in [-0.2, 0) is 0 Å². The smallest absolute Gasteiger partial charge is 0.124 e. The van der Waals surface area contributed by atoms with Gasteiger partial charge in [-0.2, -0.15) is 0 Å². The average molecular weight is 280 g/mol. The van der Waals surface area contributed by atoms with Crippen LogP contribution in [0.25, 0.3) is 0 Å². The second-order valence-corrected chi connectivity index (χ2v) is 5.54. The van der Waals surface area contributed by atoms with E-state index < -0.39 is 0 Å². The monoisotopic (exact) mass is 280 g/mol. The lowest BCUT2D eigenvalue weighted by molar-refractivity contribution is 0.418. The molecule has 104 valence electrons. The van der Waals surface area contributed by atoms with Crippen molar-refractivity contribution in [2.45, 2.75) is 45.1 Å². The quantitative estimate of drug-likeness (QED) is 0.854. The highest BCUT2D eigenvalue weighted by molar-refractivity contribution is 7.80. The molecule has 0 aromatic heterocycles. The minimum Gasteiger partial charge on any atom is -0.389 e. The zero-order chi connectivity index (χ0) is 13.8. The van der Waals surface area contributed by atoms with Crippen LogP contribution < -0.4 is 10.6 Å². The van der Waals surface area contributed by atoms with E-state index in [1.807, 2.05) is 6.07 Å². The number of benzene rings is 1. The maximum atomic E-state index is 13.4. The molecule has 1 aromatic carbocycles. The van der Waals surface area contributed by atoms with E-state index >= 15 is 0 Å². The molecular weight excluding hydrogens is 259 g/mol. The van der Waals surface area contributed by atoms with Crippen molar-refractivity contribution in [3.05, 3.63) is 29.6 Å². The Morgan fingerprint density at radius 2 is 2.05 bits per heavy atom. The van der Waals surface area contributed by atoms with Crippen molar-refractivity contribution < 1.29 is 4.39 Å². The maximum absolute atomic E-state index is 13.4. The van der Waals surface area contributed by atoms with Gasteiger partial charge < -0.3 is 10.6 Å². The Bertz CT molecular complexity index is 455. The minimum atomic E-state index is -0.286. The van der Waals surface area contributed by atoms with Gasteiger partial charge in [-0.3, -0.25) is 0 Å². The van der Waals surface area contributed by atoms with Gasteiger partial charge in [0.05, 0.1) is 0 Å². The van der Waals surface area contributed by atoms with E-state index in [1.165, 1.54) is 44.2 Å². The van der Waals surface area contributed by atoms with Crippen LogP contribution >= 0.6 is 12.2 Å². The Balaban J connectivity index is 2.34. The molecule has 1 aliphatic rings. The number of thiocarbonyl (C=S) groups is 1. The van der Waals surface area contributed by atoms with E-state index in [0.29, 0.717) is 11.6 Å². The van der Waals surface area contributed by atoms with Gasteiger partial charge in [0.1, 0.15) is 10.8 Å². The van der Waals surface area contributed by atoms with Gasteiger partial charge in [0.2, 0.25) is 0 Å². The molecule has 4 heteroatoms. The van der Waals surface area contributed by atoms with Gasteiger partial charge in [-0.05, 0) is 38.0 Å². The lowest BCUT2D eigenvalue weighted by Crippen LogP contribution is -2.38. The zero-order valence-corrected chi connectivity index (χ0v) is 12.2. The van der Waals surface area contributed by atoms with Crippen molar-refractivity contribution in [2.75, 3.05) is 11.4 Å². The summed E-state index contributed by atoms with van der Waals surface area (Å²) in [5, 5.41) is 0. The lowest BCUT2D eigenvalue weighted by Gasteiger charge is -2.36. The van der Waals surface area contributed by atoms with Crippen LogP contribution in [0.3, 0.4) is 0 Å². The van der Waals surface area contributed by atoms with Crippen LogP contribution in [0.2, 0.25) is 0 Å². The minimum absolute atomic E-state index is 0.267. The van der Waals surface area contributed by atoms with E-state index in [1.54, 1.807) is 0 Å². The standard InChI is InChI=1S/C15H21FN2S/c1-2-18(12-6-4-3-5-7-12)14-9-8-11(16)10-13(14)15(17)19/h8-10,12H,2-7H2,1H3,(H2,17,19). The third-order valence-corrected chi connectivity index (χ3v) is 4.11. The topological polar surface area (TPSA) is 29.3 Å². The molecule has 19 heavy (non-hydrogen) atoms. The van der Waals surface area contributed by atoms with Crippen LogP contribution in [0.4, 0.5) is 10.1 Å². The van der Waals surface area contributed by atoms with Crippen molar-refractivity contribution in [3.8, 4) is 0 Å². The summed E-state index contributed by atoms with van der Waals surface area (Å²) >= 11 is 5.06. The molecule has 2 nitrogen and oxygen atoms in total. The van der Waals surface area contributed by atoms with E-state index in [-0.39, 0.29) is 10.8 Å². The molecule has 1 aromatic rings. The fourth-order valence-corrected chi connectivity index (χ4v) is 3.14. The first kappa shape index (κ1) is 14.3. The van der Waals surface area contributed by atoms with Gasteiger partial charge >= 0.3 is 0 Å². The third kappa shape index (κ3) is 3.24. The molecule has 1 saturated carbocycles. The Morgan fingerprint density at radius 1 is 1.37 bits per heavy atom. The van der Waals surface area contributed by atoms with Crippen molar-refractivity contribution in [3.63, 3.8) is 0 Å². The van der Waals surface area contributed by atoms with Crippen LogP contribution in [0.15, 0.2) is 18.2 Å². The largest absolute Gasteiger partial charge is 0.389 e. The molecule has 0 atom stereocenters. The summed E-state index contributed by atoms with van der Waals surface area (Å²) in [5.41, 5.74) is 7.37. The molecule has 0 aliphatic heterocycles. The molecule has 1 aliphatic carbocycles. The highest BCUT2D eigenvalue weighted by Gasteiger charge is 2.22. The summed E-state index contributed by atoms with van der Waals surface area (Å²) in [5.74, 6) is -0.286. The molecule has 0 bridgehead atoms.